The quantitative estimate of drug-likeness (QED) is 0.553. The first kappa shape index (κ1) is 22.6. The molecule has 2 atom stereocenters. The summed E-state index contributed by atoms with van der Waals surface area (Å²) >= 11 is 0. The predicted octanol–water partition coefficient (Wildman–Crippen LogP) is 4.44. The van der Waals surface area contributed by atoms with Crippen molar-refractivity contribution in [3.63, 3.8) is 0 Å². The van der Waals surface area contributed by atoms with Crippen molar-refractivity contribution in [2.24, 2.45) is 11.8 Å². The third kappa shape index (κ3) is 4.22. The lowest BCUT2D eigenvalue weighted by molar-refractivity contribution is 0.344. The van der Waals surface area contributed by atoms with Gasteiger partial charge in [-0.15, -0.1) is 0 Å². The highest BCUT2D eigenvalue weighted by atomic mass is 32.2. The minimum atomic E-state index is -3.62. The van der Waals surface area contributed by atoms with Crippen molar-refractivity contribution in [3.05, 3.63) is 65.4 Å². The van der Waals surface area contributed by atoms with Crippen molar-refractivity contribution < 1.29 is 12.8 Å². The van der Waals surface area contributed by atoms with Gasteiger partial charge in [0.25, 0.3) is 0 Å². The number of oxazole rings is 1. The molecule has 0 bridgehead atoms. The fourth-order valence-electron chi connectivity index (χ4n) is 5.15. The fraction of sp³-hybridized carbons (Fsp3) is 0.385. The normalized spacial score (nSPS) is 21.1. The molecule has 34 heavy (non-hydrogen) atoms. The average Bonchev–Trinajstić information content (AvgIpc) is 3.28. The Morgan fingerprint density at radius 1 is 1.03 bits per heavy atom. The maximum atomic E-state index is 13.3. The number of aromatic nitrogens is 1. The molecule has 2 aliphatic heterocycles. The molecule has 0 N–H and O–H groups in total. The number of hydrogen-bond acceptors (Lipinski definition) is 6. The summed E-state index contributed by atoms with van der Waals surface area (Å²) in [5.41, 5.74) is 3.16. The van der Waals surface area contributed by atoms with E-state index in [4.69, 9.17) is 4.42 Å². The van der Waals surface area contributed by atoms with E-state index in [9.17, 15) is 13.7 Å². The van der Waals surface area contributed by atoms with Crippen LogP contribution < -0.4 is 4.90 Å². The van der Waals surface area contributed by atoms with Crippen LogP contribution in [0.1, 0.15) is 37.1 Å². The van der Waals surface area contributed by atoms with Crippen molar-refractivity contribution in [2.75, 3.05) is 24.5 Å². The lowest BCUT2D eigenvalue weighted by Crippen LogP contribution is -2.38. The zero-order valence-electron chi connectivity index (χ0n) is 19.4. The number of sulfonamides is 1. The van der Waals surface area contributed by atoms with Crippen molar-refractivity contribution in [2.45, 2.75) is 38.1 Å². The summed E-state index contributed by atoms with van der Waals surface area (Å²) in [5, 5.41) is 9.62. The van der Waals surface area contributed by atoms with E-state index in [1.54, 1.807) is 24.3 Å². The van der Waals surface area contributed by atoms with Gasteiger partial charge in [0.2, 0.25) is 27.5 Å². The van der Waals surface area contributed by atoms with Crippen LogP contribution in [0.5, 0.6) is 0 Å². The molecule has 0 amide bonds. The Morgan fingerprint density at radius 2 is 1.71 bits per heavy atom. The topological polar surface area (TPSA) is 90.4 Å². The van der Waals surface area contributed by atoms with E-state index < -0.39 is 10.0 Å². The number of piperidine rings is 1. The fourth-order valence-corrected chi connectivity index (χ4v) is 6.56. The highest BCUT2D eigenvalue weighted by Gasteiger charge is 2.30. The second-order valence-electron chi connectivity index (χ2n) is 9.52. The third-order valence-electron chi connectivity index (χ3n) is 6.71. The zero-order valence-corrected chi connectivity index (χ0v) is 20.3. The molecule has 0 spiro atoms. The maximum Gasteiger partial charge on any atom is 0.243 e. The van der Waals surface area contributed by atoms with Gasteiger partial charge in [-0.25, -0.2) is 8.42 Å². The van der Waals surface area contributed by atoms with E-state index in [1.807, 2.05) is 18.2 Å². The van der Waals surface area contributed by atoms with Crippen LogP contribution in [0.15, 0.2) is 57.8 Å². The molecule has 3 aromatic rings. The molecule has 2 aromatic carbocycles. The first-order valence-corrected chi connectivity index (χ1v) is 13.1. The van der Waals surface area contributed by atoms with Crippen LogP contribution in [0.2, 0.25) is 0 Å². The summed E-state index contributed by atoms with van der Waals surface area (Å²) in [6, 6.07) is 16.7. The van der Waals surface area contributed by atoms with Gasteiger partial charge in [0.05, 0.1) is 4.90 Å². The summed E-state index contributed by atoms with van der Waals surface area (Å²) < 4.78 is 34.1. The monoisotopic (exact) mass is 476 g/mol. The molecule has 1 fully saturated rings. The molecule has 1 aromatic heterocycles. The third-order valence-corrected chi connectivity index (χ3v) is 8.57. The largest absolute Gasteiger partial charge is 0.419 e. The molecule has 0 saturated carbocycles. The molecule has 1 saturated heterocycles. The van der Waals surface area contributed by atoms with Crippen LogP contribution in [0.3, 0.4) is 0 Å². The molecule has 7 nitrogen and oxygen atoms in total. The number of anilines is 1. The Morgan fingerprint density at radius 3 is 2.38 bits per heavy atom. The summed E-state index contributed by atoms with van der Waals surface area (Å²) in [4.78, 5) is 6.74. The lowest BCUT2D eigenvalue weighted by atomic mass is 9.92. The number of rotatable bonds is 4. The first-order chi connectivity index (χ1) is 16.3. The summed E-state index contributed by atoms with van der Waals surface area (Å²) in [7, 11) is -3.62. The van der Waals surface area contributed by atoms with Crippen molar-refractivity contribution in [3.8, 4) is 17.5 Å². The number of nitrogens with zero attached hydrogens (tertiary/aromatic N) is 4. The lowest BCUT2D eigenvalue weighted by Gasteiger charge is -2.34. The van der Waals surface area contributed by atoms with Gasteiger partial charge in [-0.3, -0.25) is 0 Å². The summed E-state index contributed by atoms with van der Waals surface area (Å²) in [5.74, 6) is 1.85. The van der Waals surface area contributed by atoms with Crippen molar-refractivity contribution >= 4 is 15.9 Å². The first-order valence-electron chi connectivity index (χ1n) is 11.7. The van der Waals surface area contributed by atoms with Crippen molar-refractivity contribution in [1.82, 2.24) is 9.29 Å². The van der Waals surface area contributed by atoms with Gasteiger partial charge in [-0.1, -0.05) is 38.1 Å². The molecule has 176 valence electrons. The van der Waals surface area contributed by atoms with Gasteiger partial charge >= 0.3 is 0 Å². The molecular formula is C26H28N4O3S. The zero-order chi connectivity index (χ0) is 23.9. The molecule has 3 heterocycles. The Kier molecular flexibility index (Phi) is 5.92. The molecule has 2 aliphatic rings. The predicted molar refractivity (Wildman–Crippen MR) is 130 cm³/mol. The maximum absolute atomic E-state index is 13.3. The SMILES string of the molecule is CC1CC(C)CN(c2oc(-c3ccc(S(=O)(=O)N4CCc5ccccc5C4)cc3)nc2C#N)C1. The minimum absolute atomic E-state index is 0.238. The van der Waals surface area contributed by atoms with Gasteiger partial charge in [0.1, 0.15) is 6.07 Å². The second-order valence-corrected chi connectivity index (χ2v) is 11.5. The van der Waals surface area contributed by atoms with Gasteiger partial charge < -0.3 is 9.32 Å². The van der Waals surface area contributed by atoms with E-state index in [0.29, 0.717) is 48.7 Å². The minimum Gasteiger partial charge on any atom is -0.419 e. The molecule has 2 unspecified atom stereocenters. The van der Waals surface area contributed by atoms with Gasteiger partial charge in [0, 0.05) is 31.7 Å². The molecule has 0 aliphatic carbocycles. The summed E-state index contributed by atoms with van der Waals surface area (Å²) in [6.07, 6.45) is 1.86. The second kappa shape index (κ2) is 8.90. The highest BCUT2D eigenvalue weighted by Crippen LogP contribution is 2.33. The van der Waals surface area contributed by atoms with Crippen LogP contribution in [-0.2, 0) is 23.0 Å². The Hall–Kier alpha value is -3.15. The molecule has 5 rings (SSSR count). The van der Waals surface area contributed by atoms with E-state index in [0.717, 1.165) is 25.1 Å². The van der Waals surface area contributed by atoms with Gasteiger partial charge in [0.15, 0.2) is 0 Å². The highest BCUT2D eigenvalue weighted by molar-refractivity contribution is 7.89. The van der Waals surface area contributed by atoms with Crippen LogP contribution in [0.4, 0.5) is 5.88 Å². The summed E-state index contributed by atoms with van der Waals surface area (Å²) in [6.45, 7) is 6.88. The van der Waals surface area contributed by atoms with Crippen LogP contribution in [-0.4, -0.2) is 37.3 Å². The molecule has 0 radical (unpaired) electrons. The van der Waals surface area contributed by atoms with Crippen LogP contribution in [0.25, 0.3) is 11.5 Å². The number of hydrogen-bond donors (Lipinski definition) is 0. The standard InChI is InChI=1S/C26H28N4O3S/c1-18-13-19(2)16-29(15-18)26-24(14-27)28-25(33-26)21-7-9-23(10-8-21)34(31,32)30-12-11-20-5-3-4-6-22(20)17-30/h3-10,18-19H,11-13,15-17H2,1-2H3. The van der Waals surface area contributed by atoms with E-state index >= 15 is 0 Å². The Balaban J connectivity index is 1.38. The van der Waals surface area contributed by atoms with E-state index in [1.165, 1.54) is 9.87 Å². The Bertz CT molecular complexity index is 1330. The average molecular weight is 477 g/mol. The van der Waals surface area contributed by atoms with Crippen LogP contribution >= 0.6 is 0 Å². The van der Waals surface area contributed by atoms with Gasteiger partial charge in [-0.05, 0) is 60.1 Å². The smallest absolute Gasteiger partial charge is 0.243 e. The number of benzene rings is 2. The van der Waals surface area contributed by atoms with E-state index in [-0.39, 0.29) is 10.6 Å². The Labute approximate surface area is 200 Å². The number of nitriles is 1. The van der Waals surface area contributed by atoms with Crippen LogP contribution in [0, 0.1) is 23.2 Å². The molecule has 8 heteroatoms. The number of fused-ring (bicyclic) bond motifs is 1. The van der Waals surface area contributed by atoms with E-state index in [2.05, 4.69) is 35.9 Å². The molecular weight excluding hydrogens is 448 g/mol. The van der Waals surface area contributed by atoms with Crippen molar-refractivity contribution in [1.29, 1.82) is 5.26 Å². The van der Waals surface area contributed by atoms with Gasteiger partial charge in [-0.2, -0.15) is 14.6 Å².